The summed E-state index contributed by atoms with van der Waals surface area (Å²) in [5.41, 5.74) is 0.826. The van der Waals surface area contributed by atoms with Gasteiger partial charge in [0.2, 0.25) is 0 Å². The van der Waals surface area contributed by atoms with Crippen LogP contribution in [0.4, 0.5) is 13.2 Å². The summed E-state index contributed by atoms with van der Waals surface area (Å²) < 4.78 is 45.9. The fourth-order valence-corrected chi connectivity index (χ4v) is 3.97. The molecule has 2 aromatic carbocycles. The molecule has 0 aliphatic carbocycles. The molecule has 0 bridgehead atoms. The molecule has 154 valence electrons. The van der Waals surface area contributed by atoms with Gasteiger partial charge in [-0.25, -0.2) is 4.98 Å². The van der Waals surface area contributed by atoms with Crippen LogP contribution in [0, 0.1) is 11.3 Å². The van der Waals surface area contributed by atoms with Gasteiger partial charge < -0.3 is 4.74 Å². The SMILES string of the molecule is COc1ccc(CCSc2nc(Cc3ccccc3)cc(C(F)(F)F)c2C#N)cc1. The monoisotopic (exact) mass is 428 g/mol. The van der Waals surface area contributed by atoms with E-state index in [4.69, 9.17) is 4.74 Å². The summed E-state index contributed by atoms with van der Waals surface area (Å²) >= 11 is 1.17. The maximum absolute atomic E-state index is 13.6. The van der Waals surface area contributed by atoms with Crippen molar-refractivity contribution < 1.29 is 17.9 Å². The first kappa shape index (κ1) is 21.7. The van der Waals surface area contributed by atoms with Gasteiger partial charge in [-0.15, -0.1) is 11.8 Å². The maximum atomic E-state index is 13.6. The van der Waals surface area contributed by atoms with Gasteiger partial charge in [-0.1, -0.05) is 42.5 Å². The summed E-state index contributed by atoms with van der Waals surface area (Å²) in [7, 11) is 1.58. The Morgan fingerprint density at radius 3 is 2.33 bits per heavy atom. The van der Waals surface area contributed by atoms with Crippen LogP contribution < -0.4 is 4.74 Å². The van der Waals surface area contributed by atoms with Crippen LogP contribution in [0.3, 0.4) is 0 Å². The first-order chi connectivity index (χ1) is 14.4. The molecule has 1 heterocycles. The van der Waals surface area contributed by atoms with Crippen molar-refractivity contribution in [3.8, 4) is 11.8 Å². The summed E-state index contributed by atoms with van der Waals surface area (Å²) in [6.45, 7) is 0. The zero-order chi connectivity index (χ0) is 21.6. The van der Waals surface area contributed by atoms with Gasteiger partial charge in [-0.2, -0.15) is 18.4 Å². The van der Waals surface area contributed by atoms with E-state index in [2.05, 4.69) is 4.98 Å². The Morgan fingerprint density at radius 1 is 1.03 bits per heavy atom. The van der Waals surface area contributed by atoms with E-state index in [0.29, 0.717) is 17.9 Å². The Bertz CT molecular complexity index is 1030. The lowest BCUT2D eigenvalue weighted by Crippen LogP contribution is -2.12. The summed E-state index contributed by atoms with van der Waals surface area (Å²) in [5.74, 6) is 1.24. The van der Waals surface area contributed by atoms with Gasteiger partial charge in [0.05, 0.1) is 18.2 Å². The maximum Gasteiger partial charge on any atom is 0.417 e. The van der Waals surface area contributed by atoms with Crippen LogP contribution in [-0.4, -0.2) is 17.8 Å². The van der Waals surface area contributed by atoms with Crippen molar-refractivity contribution in [1.82, 2.24) is 4.98 Å². The van der Waals surface area contributed by atoms with Crippen molar-refractivity contribution in [1.29, 1.82) is 5.26 Å². The van der Waals surface area contributed by atoms with Gasteiger partial charge in [-0.3, -0.25) is 0 Å². The number of alkyl halides is 3. The molecule has 0 atom stereocenters. The lowest BCUT2D eigenvalue weighted by molar-refractivity contribution is -0.138. The van der Waals surface area contributed by atoms with Crippen LogP contribution >= 0.6 is 11.8 Å². The van der Waals surface area contributed by atoms with E-state index < -0.39 is 17.3 Å². The molecule has 0 N–H and O–H groups in total. The Balaban J connectivity index is 1.85. The average Bonchev–Trinajstić information content (AvgIpc) is 2.74. The highest BCUT2D eigenvalue weighted by Gasteiger charge is 2.36. The highest BCUT2D eigenvalue weighted by atomic mass is 32.2. The summed E-state index contributed by atoms with van der Waals surface area (Å²) in [6, 6.07) is 19.3. The second kappa shape index (κ2) is 9.68. The van der Waals surface area contributed by atoms with Crippen molar-refractivity contribution in [2.45, 2.75) is 24.0 Å². The minimum Gasteiger partial charge on any atom is -0.497 e. The minimum absolute atomic E-state index is 0.117. The Morgan fingerprint density at radius 2 is 1.73 bits per heavy atom. The van der Waals surface area contributed by atoms with Crippen LogP contribution in [0.2, 0.25) is 0 Å². The molecule has 0 amide bonds. The normalized spacial score (nSPS) is 11.2. The molecule has 0 saturated heterocycles. The van der Waals surface area contributed by atoms with Crippen LogP contribution in [0.5, 0.6) is 5.75 Å². The van der Waals surface area contributed by atoms with Crippen molar-refractivity contribution >= 4 is 11.8 Å². The number of rotatable bonds is 7. The van der Waals surface area contributed by atoms with Gasteiger partial charge >= 0.3 is 6.18 Å². The molecule has 3 nitrogen and oxygen atoms in total. The fourth-order valence-electron chi connectivity index (χ4n) is 2.96. The smallest absolute Gasteiger partial charge is 0.417 e. The number of aromatic nitrogens is 1. The lowest BCUT2D eigenvalue weighted by Gasteiger charge is -2.14. The molecule has 0 saturated carbocycles. The molecule has 0 unspecified atom stereocenters. The van der Waals surface area contributed by atoms with Gasteiger partial charge in [0.15, 0.2) is 0 Å². The number of halogens is 3. The molecule has 0 fully saturated rings. The number of hydrogen-bond donors (Lipinski definition) is 0. The van der Waals surface area contributed by atoms with Gasteiger partial charge in [0.1, 0.15) is 16.8 Å². The quantitative estimate of drug-likeness (QED) is 0.439. The largest absolute Gasteiger partial charge is 0.497 e. The van der Waals surface area contributed by atoms with Crippen molar-refractivity contribution in [3.63, 3.8) is 0 Å². The zero-order valence-electron chi connectivity index (χ0n) is 16.2. The van der Waals surface area contributed by atoms with E-state index in [9.17, 15) is 18.4 Å². The molecule has 0 aliphatic heterocycles. The number of methoxy groups -OCH3 is 1. The molecule has 7 heteroatoms. The first-order valence-electron chi connectivity index (χ1n) is 9.21. The van der Waals surface area contributed by atoms with Crippen LogP contribution in [0.1, 0.15) is 27.9 Å². The molecule has 0 radical (unpaired) electrons. The number of aryl methyl sites for hydroxylation is 1. The third-order valence-electron chi connectivity index (χ3n) is 4.47. The molecule has 3 aromatic rings. The summed E-state index contributed by atoms with van der Waals surface area (Å²) in [6.07, 6.45) is -3.72. The first-order valence-corrected chi connectivity index (χ1v) is 10.2. The van der Waals surface area contributed by atoms with Gasteiger partial charge in [0.25, 0.3) is 0 Å². The second-order valence-corrected chi connectivity index (χ2v) is 7.64. The van der Waals surface area contributed by atoms with E-state index in [1.807, 2.05) is 54.6 Å². The van der Waals surface area contributed by atoms with Crippen LogP contribution in [0.25, 0.3) is 0 Å². The predicted octanol–water partition coefficient (Wildman–Crippen LogP) is 5.91. The number of pyridine rings is 1. The fraction of sp³-hybridized carbons (Fsp3) is 0.217. The molecular weight excluding hydrogens is 409 g/mol. The highest BCUT2D eigenvalue weighted by molar-refractivity contribution is 7.99. The molecule has 30 heavy (non-hydrogen) atoms. The van der Waals surface area contributed by atoms with Gasteiger partial charge in [0, 0.05) is 17.9 Å². The molecule has 0 aliphatic rings. The number of nitriles is 1. The van der Waals surface area contributed by atoms with E-state index >= 15 is 0 Å². The minimum atomic E-state index is -4.62. The van der Waals surface area contributed by atoms with Crippen LogP contribution in [-0.2, 0) is 19.0 Å². The third kappa shape index (κ3) is 5.55. The molecule has 0 spiro atoms. The zero-order valence-corrected chi connectivity index (χ0v) is 17.1. The average molecular weight is 428 g/mol. The van der Waals surface area contributed by atoms with Crippen molar-refractivity contribution in [2.24, 2.45) is 0 Å². The standard InChI is InChI=1S/C23H19F3N2OS/c1-29-19-9-7-16(8-10-19)11-12-30-22-20(15-27)21(23(24,25)26)14-18(28-22)13-17-5-3-2-4-6-17/h2-10,14H,11-13H2,1H3. The summed E-state index contributed by atoms with van der Waals surface area (Å²) in [4.78, 5) is 4.39. The number of benzene rings is 2. The highest BCUT2D eigenvalue weighted by Crippen LogP contribution is 2.36. The topological polar surface area (TPSA) is 45.9 Å². The van der Waals surface area contributed by atoms with Gasteiger partial charge in [-0.05, 0) is 35.7 Å². The predicted molar refractivity (Wildman–Crippen MR) is 111 cm³/mol. The number of nitrogens with zero attached hydrogens (tertiary/aromatic N) is 2. The second-order valence-electron chi connectivity index (χ2n) is 6.56. The van der Waals surface area contributed by atoms with E-state index in [0.717, 1.165) is 22.9 Å². The number of ether oxygens (including phenoxy) is 1. The molecule has 3 rings (SSSR count). The lowest BCUT2D eigenvalue weighted by atomic mass is 10.0. The summed E-state index contributed by atoms with van der Waals surface area (Å²) in [5, 5.41) is 9.52. The Kier molecular flexibility index (Phi) is 7.01. The van der Waals surface area contributed by atoms with Crippen molar-refractivity contribution in [2.75, 3.05) is 12.9 Å². The van der Waals surface area contributed by atoms with E-state index in [1.54, 1.807) is 13.2 Å². The Labute approximate surface area is 177 Å². The Hall–Kier alpha value is -2.98. The number of hydrogen-bond acceptors (Lipinski definition) is 4. The molecule has 1 aromatic heterocycles. The van der Waals surface area contributed by atoms with Crippen molar-refractivity contribution in [3.05, 3.63) is 88.6 Å². The molecular formula is C23H19F3N2OS. The number of thioether (sulfide) groups is 1. The van der Waals surface area contributed by atoms with E-state index in [1.165, 1.54) is 11.8 Å². The van der Waals surface area contributed by atoms with Crippen LogP contribution in [0.15, 0.2) is 65.7 Å². The van der Waals surface area contributed by atoms with E-state index in [-0.39, 0.29) is 11.4 Å². The third-order valence-corrected chi connectivity index (χ3v) is 5.45.